The number of hydrogen-bond donors (Lipinski definition) is 2. The SMILES string of the molecule is CC(C)(C)OC(=O)NC1(C2(C3(N)CC3)CC2)CCC1. The van der Waals surface area contributed by atoms with E-state index in [-0.39, 0.29) is 22.6 Å². The predicted molar refractivity (Wildman–Crippen MR) is 73.8 cm³/mol. The molecule has 3 rings (SSSR count). The van der Waals surface area contributed by atoms with Crippen molar-refractivity contribution in [3.63, 3.8) is 0 Å². The second-order valence-electron chi connectivity index (χ2n) is 7.80. The van der Waals surface area contributed by atoms with Crippen LogP contribution in [-0.4, -0.2) is 22.8 Å². The molecule has 3 fully saturated rings. The smallest absolute Gasteiger partial charge is 0.408 e. The van der Waals surface area contributed by atoms with Gasteiger partial charge in [0.1, 0.15) is 5.60 Å². The highest BCUT2D eigenvalue weighted by atomic mass is 16.6. The van der Waals surface area contributed by atoms with Gasteiger partial charge >= 0.3 is 6.09 Å². The Hall–Kier alpha value is -0.770. The van der Waals surface area contributed by atoms with E-state index in [4.69, 9.17) is 10.5 Å². The monoisotopic (exact) mass is 266 g/mol. The Bertz CT molecular complexity index is 399. The largest absolute Gasteiger partial charge is 0.444 e. The molecule has 0 bridgehead atoms. The van der Waals surface area contributed by atoms with E-state index in [1.807, 2.05) is 20.8 Å². The van der Waals surface area contributed by atoms with Gasteiger partial charge in [0, 0.05) is 11.0 Å². The second kappa shape index (κ2) is 3.66. The highest BCUT2D eigenvalue weighted by molar-refractivity contribution is 5.69. The van der Waals surface area contributed by atoms with Gasteiger partial charge < -0.3 is 15.8 Å². The van der Waals surface area contributed by atoms with Gasteiger partial charge in [0.2, 0.25) is 0 Å². The molecule has 4 heteroatoms. The summed E-state index contributed by atoms with van der Waals surface area (Å²) in [6.07, 6.45) is 7.60. The number of amides is 1. The number of carbonyl (C=O) groups excluding carboxylic acids is 1. The van der Waals surface area contributed by atoms with Gasteiger partial charge in [-0.3, -0.25) is 0 Å². The Labute approximate surface area is 115 Å². The molecule has 3 saturated carbocycles. The number of hydrogen-bond acceptors (Lipinski definition) is 3. The van der Waals surface area contributed by atoms with Crippen molar-refractivity contribution in [2.45, 2.75) is 82.4 Å². The molecule has 4 nitrogen and oxygen atoms in total. The van der Waals surface area contributed by atoms with E-state index in [1.165, 1.54) is 19.3 Å². The standard InChI is InChI=1S/C15H26N2O2/c1-12(2,3)19-11(18)17-15(5-4-6-15)13(7-8-13)14(16)9-10-14/h4-10,16H2,1-3H3,(H,17,18). The molecule has 0 spiro atoms. The van der Waals surface area contributed by atoms with Crippen molar-refractivity contribution >= 4 is 6.09 Å². The van der Waals surface area contributed by atoms with Crippen LogP contribution in [0.15, 0.2) is 0 Å². The quantitative estimate of drug-likeness (QED) is 0.825. The lowest BCUT2D eigenvalue weighted by Crippen LogP contribution is -2.65. The third-order valence-corrected chi connectivity index (χ3v) is 5.36. The van der Waals surface area contributed by atoms with Crippen molar-refractivity contribution < 1.29 is 9.53 Å². The molecule has 0 aromatic heterocycles. The van der Waals surface area contributed by atoms with Crippen LogP contribution in [0.3, 0.4) is 0 Å². The molecule has 0 aromatic carbocycles. The lowest BCUT2D eigenvalue weighted by Gasteiger charge is -2.51. The fourth-order valence-electron chi connectivity index (χ4n) is 3.94. The molecule has 0 unspecified atom stereocenters. The van der Waals surface area contributed by atoms with Crippen LogP contribution in [0.1, 0.15) is 65.7 Å². The van der Waals surface area contributed by atoms with Crippen molar-refractivity contribution in [3.8, 4) is 0 Å². The zero-order valence-electron chi connectivity index (χ0n) is 12.3. The summed E-state index contributed by atoms with van der Waals surface area (Å²) >= 11 is 0. The normalized spacial score (nSPS) is 29.1. The molecule has 0 heterocycles. The maximum Gasteiger partial charge on any atom is 0.408 e. The van der Waals surface area contributed by atoms with Crippen LogP contribution in [0, 0.1) is 5.41 Å². The summed E-state index contributed by atoms with van der Waals surface area (Å²) in [5.74, 6) is 0. The number of rotatable bonds is 3. The zero-order valence-corrected chi connectivity index (χ0v) is 12.3. The summed E-state index contributed by atoms with van der Waals surface area (Å²) < 4.78 is 5.43. The van der Waals surface area contributed by atoms with Crippen LogP contribution < -0.4 is 11.1 Å². The summed E-state index contributed by atoms with van der Waals surface area (Å²) in [4.78, 5) is 12.1. The second-order valence-corrected chi connectivity index (χ2v) is 7.80. The zero-order chi connectivity index (χ0) is 13.9. The summed E-state index contributed by atoms with van der Waals surface area (Å²) in [5.41, 5.74) is 6.12. The third-order valence-electron chi connectivity index (χ3n) is 5.36. The molecule has 1 amide bonds. The molecule has 0 atom stereocenters. The maximum atomic E-state index is 12.1. The lowest BCUT2D eigenvalue weighted by molar-refractivity contribution is 0.0146. The molecule has 3 aliphatic carbocycles. The van der Waals surface area contributed by atoms with Crippen LogP contribution in [0.5, 0.6) is 0 Å². The Morgan fingerprint density at radius 3 is 2.00 bits per heavy atom. The van der Waals surface area contributed by atoms with Gasteiger partial charge in [0.15, 0.2) is 0 Å². The number of ether oxygens (including phenoxy) is 1. The predicted octanol–water partition coefficient (Wildman–Crippen LogP) is 2.71. The third kappa shape index (κ3) is 1.95. The van der Waals surface area contributed by atoms with Gasteiger partial charge in [-0.25, -0.2) is 4.79 Å². The number of nitrogens with two attached hydrogens (primary N) is 1. The maximum absolute atomic E-state index is 12.1. The van der Waals surface area contributed by atoms with E-state index < -0.39 is 5.60 Å². The van der Waals surface area contributed by atoms with Crippen molar-refractivity contribution in [1.82, 2.24) is 5.32 Å². The number of carbonyl (C=O) groups is 1. The molecule has 3 aliphatic rings. The molecule has 0 aliphatic heterocycles. The van der Waals surface area contributed by atoms with Crippen LogP contribution in [-0.2, 0) is 4.74 Å². The average molecular weight is 266 g/mol. The fourth-order valence-corrected chi connectivity index (χ4v) is 3.94. The molecular formula is C15H26N2O2. The van der Waals surface area contributed by atoms with Gasteiger partial charge in [0.05, 0.1) is 5.54 Å². The first-order valence-electron chi connectivity index (χ1n) is 7.52. The van der Waals surface area contributed by atoms with E-state index in [2.05, 4.69) is 5.32 Å². The molecule has 0 aromatic rings. The Morgan fingerprint density at radius 1 is 1.11 bits per heavy atom. The van der Waals surface area contributed by atoms with E-state index in [0.717, 1.165) is 25.7 Å². The molecule has 108 valence electrons. The molecule has 3 N–H and O–H groups in total. The van der Waals surface area contributed by atoms with Crippen molar-refractivity contribution in [3.05, 3.63) is 0 Å². The summed E-state index contributed by atoms with van der Waals surface area (Å²) in [6.45, 7) is 5.70. The average Bonchev–Trinajstić information content (AvgIpc) is 3.04. The number of alkyl carbamates (subject to hydrolysis) is 1. The van der Waals surface area contributed by atoms with Crippen LogP contribution in [0.25, 0.3) is 0 Å². The molecular weight excluding hydrogens is 240 g/mol. The van der Waals surface area contributed by atoms with E-state index in [9.17, 15) is 4.79 Å². The first-order valence-corrected chi connectivity index (χ1v) is 7.52. The Balaban J connectivity index is 1.72. The molecule has 0 saturated heterocycles. The topological polar surface area (TPSA) is 64.3 Å². The van der Waals surface area contributed by atoms with Crippen LogP contribution >= 0.6 is 0 Å². The first-order chi connectivity index (χ1) is 8.72. The lowest BCUT2D eigenvalue weighted by atomic mass is 9.62. The van der Waals surface area contributed by atoms with Gasteiger partial charge in [0.25, 0.3) is 0 Å². The van der Waals surface area contributed by atoms with Crippen molar-refractivity contribution in [2.75, 3.05) is 0 Å². The molecule has 19 heavy (non-hydrogen) atoms. The van der Waals surface area contributed by atoms with Gasteiger partial charge in [-0.2, -0.15) is 0 Å². The highest BCUT2D eigenvalue weighted by Gasteiger charge is 2.73. The van der Waals surface area contributed by atoms with E-state index in [1.54, 1.807) is 0 Å². The van der Waals surface area contributed by atoms with Crippen molar-refractivity contribution in [1.29, 1.82) is 0 Å². The van der Waals surface area contributed by atoms with E-state index in [0.29, 0.717) is 0 Å². The Kier molecular flexibility index (Phi) is 2.55. The summed E-state index contributed by atoms with van der Waals surface area (Å²) in [7, 11) is 0. The minimum atomic E-state index is -0.439. The molecule has 0 radical (unpaired) electrons. The first kappa shape index (κ1) is 13.2. The summed E-state index contributed by atoms with van der Waals surface area (Å²) in [5, 5.41) is 3.19. The highest BCUT2D eigenvalue weighted by Crippen LogP contribution is 2.71. The minimum absolute atomic E-state index is 0.0115. The minimum Gasteiger partial charge on any atom is -0.444 e. The van der Waals surface area contributed by atoms with Crippen LogP contribution in [0.4, 0.5) is 4.79 Å². The Morgan fingerprint density at radius 2 is 1.68 bits per heavy atom. The van der Waals surface area contributed by atoms with Crippen LogP contribution in [0.2, 0.25) is 0 Å². The van der Waals surface area contributed by atoms with Gasteiger partial charge in [-0.15, -0.1) is 0 Å². The van der Waals surface area contributed by atoms with E-state index >= 15 is 0 Å². The van der Waals surface area contributed by atoms with Gasteiger partial charge in [-0.1, -0.05) is 0 Å². The van der Waals surface area contributed by atoms with Crippen molar-refractivity contribution in [2.24, 2.45) is 11.1 Å². The summed E-state index contributed by atoms with van der Waals surface area (Å²) in [6, 6.07) is 0. The number of nitrogens with one attached hydrogen (secondary N) is 1. The fraction of sp³-hybridized carbons (Fsp3) is 0.933. The van der Waals surface area contributed by atoms with Gasteiger partial charge in [-0.05, 0) is 65.7 Å².